The van der Waals surface area contributed by atoms with Gasteiger partial charge in [-0.25, -0.2) is 0 Å². The van der Waals surface area contributed by atoms with E-state index < -0.39 is 6.10 Å². The van der Waals surface area contributed by atoms with Gasteiger partial charge in [0, 0.05) is 32.7 Å². The van der Waals surface area contributed by atoms with Crippen molar-refractivity contribution in [2.24, 2.45) is 0 Å². The molecule has 0 aromatic heterocycles. The molecule has 0 saturated carbocycles. The molecule has 0 aliphatic carbocycles. The van der Waals surface area contributed by atoms with Crippen LogP contribution in [0.5, 0.6) is 5.75 Å². The highest BCUT2D eigenvalue weighted by molar-refractivity contribution is 5.85. The number of aliphatic hydroxyl groups is 1. The Morgan fingerprint density at radius 1 is 1.00 bits per heavy atom. The summed E-state index contributed by atoms with van der Waals surface area (Å²) in [5.41, 5.74) is 1.44. The van der Waals surface area contributed by atoms with Crippen molar-refractivity contribution in [2.45, 2.75) is 39.2 Å². The molecule has 0 radical (unpaired) electrons. The molecule has 1 aliphatic rings. The summed E-state index contributed by atoms with van der Waals surface area (Å²) in [6, 6.07) is 8.19. The van der Waals surface area contributed by atoms with Gasteiger partial charge in [0.25, 0.3) is 0 Å². The first kappa shape index (κ1) is 24.5. The van der Waals surface area contributed by atoms with E-state index in [1.54, 1.807) is 0 Å². The zero-order valence-electron chi connectivity index (χ0n) is 15.9. The number of nitrogens with zero attached hydrogens (tertiary/aromatic N) is 2. The van der Waals surface area contributed by atoms with Crippen LogP contribution in [0.15, 0.2) is 24.3 Å². The molecule has 1 aromatic carbocycles. The number of aliphatic hydroxyl groups excluding tert-OH is 1. The number of halogens is 2. The molecular formula is C19H34Cl2N2O2. The molecule has 2 rings (SSSR count). The summed E-state index contributed by atoms with van der Waals surface area (Å²) in [7, 11) is 0. The number of rotatable bonds is 6. The summed E-state index contributed by atoms with van der Waals surface area (Å²) in [5.74, 6) is 0.827. The van der Waals surface area contributed by atoms with Crippen LogP contribution < -0.4 is 4.74 Å². The standard InChI is InChI=1S/C19H32N2O2.2ClH/c1-5-20-10-12-21(13-11-20)14-17(22)15-23-18-8-6-16(7-9-18)19(2,3)4;;/h6-9,17,22H,5,10-15H2,1-4H3;2*1H. The van der Waals surface area contributed by atoms with Gasteiger partial charge in [-0.2, -0.15) is 0 Å². The van der Waals surface area contributed by atoms with Gasteiger partial charge in [-0.3, -0.25) is 4.90 Å². The van der Waals surface area contributed by atoms with E-state index >= 15 is 0 Å². The molecule has 25 heavy (non-hydrogen) atoms. The maximum absolute atomic E-state index is 10.2. The SMILES string of the molecule is CCN1CCN(CC(O)COc2ccc(C(C)(C)C)cc2)CC1.Cl.Cl. The van der Waals surface area contributed by atoms with E-state index in [9.17, 15) is 5.11 Å². The monoisotopic (exact) mass is 392 g/mol. The Morgan fingerprint density at radius 3 is 2.00 bits per heavy atom. The van der Waals surface area contributed by atoms with Gasteiger partial charge in [0.05, 0.1) is 0 Å². The number of benzene rings is 1. The quantitative estimate of drug-likeness (QED) is 0.805. The largest absolute Gasteiger partial charge is 0.491 e. The number of piperazine rings is 1. The average molecular weight is 393 g/mol. The van der Waals surface area contributed by atoms with E-state index in [1.165, 1.54) is 5.56 Å². The van der Waals surface area contributed by atoms with Gasteiger partial charge in [0.1, 0.15) is 18.5 Å². The van der Waals surface area contributed by atoms with Crippen molar-refractivity contribution in [3.05, 3.63) is 29.8 Å². The lowest BCUT2D eigenvalue weighted by molar-refractivity contribution is 0.0471. The summed E-state index contributed by atoms with van der Waals surface area (Å²) in [4.78, 5) is 4.76. The number of β-amino-alcohol motifs (C(OH)–C–C–N with tert-alkyl or cyclic N) is 1. The minimum atomic E-state index is -0.439. The minimum Gasteiger partial charge on any atom is -0.491 e. The number of ether oxygens (including phenoxy) is 1. The first-order chi connectivity index (χ1) is 10.9. The van der Waals surface area contributed by atoms with E-state index in [2.05, 4.69) is 49.6 Å². The van der Waals surface area contributed by atoms with Crippen LogP contribution in [0.1, 0.15) is 33.3 Å². The predicted molar refractivity (Wildman–Crippen MR) is 110 cm³/mol. The maximum atomic E-state index is 10.2. The van der Waals surface area contributed by atoms with Gasteiger partial charge in [-0.1, -0.05) is 39.8 Å². The van der Waals surface area contributed by atoms with Crippen molar-refractivity contribution in [1.82, 2.24) is 9.80 Å². The summed E-state index contributed by atoms with van der Waals surface area (Å²) in [6.07, 6.45) is -0.439. The number of hydrogen-bond acceptors (Lipinski definition) is 4. The Kier molecular flexibility index (Phi) is 11.0. The predicted octanol–water partition coefficient (Wildman–Crippen LogP) is 3.20. The van der Waals surface area contributed by atoms with Crippen LogP contribution in [0.4, 0.5) is 0 Å². The van der Waals surface area contributed by atoms with Gasteiger partial charge < -0.3 is 14.7 Å². The van der Waals surface area contributed by atoms with Gasteiger partial charge in [-0.05, 0) is 29.7 Å². The zero-order valence-corrected chi connectivity index (χ0v) is 17.5. The second-order valence-electron chi connectivity index (χ2n) is 7.47. The molecule has 1 unspecified atom stereocenters. The van der Waals surface area contributed by atoms with Crippen molar-refractivity contribution in [3.8, 4) is 5.75 Å². The molecule has 0 spiro atoms. The molecular weight excluding hydrogens is 359 g/mol. The molecule has 1 N–H and O–H groups in total. The van der Waals surface area contributed by atoms with E-state index in [4.69, 9.17) is 4.74 Å². The van der Waals surface area contributed by atoms with Crippen molar-refractivity contribution >= 4 is 24.8 Å². The van der Waals surface area contributed by atoms with E-state index in [0.29, 0.717) is 13.2 Å². The molecule has 1 aliphatic heterocycles. The van der Waals surface area contributed by atoms with Crippen molar-refractivity contribution in [3.63, 3.8) is 0 Å². The second kappa shape index (κ2) is 11.2. The molecule has 1 fully saturated rings. The Labute approximate surface area is 165 Å². The highest BCUT2D eigenvalue weighted by Gasteiger charge is 2.18. The van der Waals surface area contributed by atoms with Crippen LogP contribution in [0.2, 0.25) is 0 Å². The fourth-order valence-corrected chi connectivity index (χ4v) is 2.88. The van der Waals surface area contributed by atoms with Crippen LogP contribution in [-0.4, -0.2) is 66.9 Å². The lowest BCUT2D eigenvalue weighted by atomic mass is 9.87. The van der Waals surface area contributed by atoms with Gasteiger partial charge in [-0.15, -0.1) is 24.8 Å². The van der Waals surface area contributed by atoms with Crippen LogP contribution in [-0.2, 0) is 5.41 Å². The third-order valence-corrected chi connectivity index (χ3v) is 4.54. The van der Waals surface area contributed by atoms with E-state index in [-0.39, 0.29) is 30.2 Å². The molecule has 1 heterocycles. The smallest absolute Gasteiger partial charge is 0.119 e. The lowest BCUT2D eigenvalue weighted by Crippen LogP contribution is -2.49. The summed E-state index contributed by atoms with van der Waals surface area (Å²) >= 11 is 0. The molecule has 1 aromatic rings. The topological polar surface area (TPSA) is 35.9 Å². The third kappa shape index (κ3) is 8.14. The van der Waals surface area contributed by atoms with Crippen molar-refractivity contribution in [2.75, 3.05) is 45.9 Å². The molecule has 0 amide bonds. The van der Waals surface area contributed by atoms with E-state index in [1.807, 2.05) is 12.1 Å². The lowest BCUT2D eigenvalue weighted by Gasteiger charge is -2.34. The molecule has 6 heteroatoms. The first-order valence-corrected chi connectivity index (χ1v) is 8.74. The number of hydrogen-bond donors (Lipinski definition) is 1. The Hall–Kier alpha value is -0.520. The van der Waals surface area contributed by atoms with Gasteiger partial charge in [0.2, 0.25) is 0 Å². The summed E-state index contributed by atoms with van der Waals surface area (Å²) in [6.45, 7) is 15.2. The van der Waals surface area contributed by atoms with Crippen molar-refractivity contribution < 1.29 is 9.84 Å². The highest BCUT2D eigenvalue weighted by Crippen LogP contribution is 2.24. The molecule has 1 atom stereocenters. The zero-order chi connectivity index (χ0) is 16.9. The van der Waals surface area contributed by atoms with Gasteiger partial charge >= 0.3 is 0 Å². The molecule has 4 nitrogen and oxygen atoms in total. The van der Waals surface area contributed by atoms with Crippen molar-refractivity contribution in [1.29, 1.82) is 0 Å². The number of likely N-dealkylation sites (N-methyl/N-ethyl adjacent to an activating group) is 1. The van der Waals surface area contributed by atoms with Crippen LogP contribution >= 0.6 is 24.8 Å². The van der Waals surface area contributed by atoms with Crippen LogP contribution in [0.3, 0.4) is 0 Å². The Bertz CT molecular complexity index is 469. The molecule has 1 saturated heterocycles. The Balaban J connectivity index is 0.00000288. The fraction of sp³-hybridized carbons (Fsp3) is 0.684. The third-order valence-electron chi connectivity index (χ3n) is 4.54. The second-order valence-corrected chi connectivity index (χ2v) is 7.47. The van der Waals surface area contributed by atoms with Gasteiger partial charge in [0.15, 0.2) is 0 Å². The summed E-state index contributed by atoms with van der Waals surface area (Å²) in [5, 5.41) is 10.2. The van der Waals surface area contributed by atoms with Crippen LogP contribution in [0, 0.1) is 0 Å². The maximum Gasteiger partial charge on any atom is 0.119 e. The first-order valence-electron chi connectivity index (χ1n) is 8.74. The normalized spacial score (nSPS) is 17.3. The molecule has 146 valence electrons. The molecule has 0 bridgehead atoms. The Morgan fingerprint density at radius 2 is 1.52 bits per heavy atom. The minimum absolute atomic E-state index is 0. The fourth-order valence-electron chi connectivity index (χ4n) is 2.88. The average Bonchev–Trinajstić information content (AvgIpc) is 2.53. The van der Waals surface area contributed by atoms with Crippen LogP contribution in [0.25, 0.3) is 0 Å². The summed E-state index contributed by atoms with van der Waals surface area (Å²) < 4.78 is 5.73. The van der Waals surface area contributed by atoms with E-state index in [0.717, 1.165) is 38.5 Å². The highest BCUT2D eigenvalue weighted by atomic mass is 35.5.